The van der Waals surface area contributed by atoms with Crippen molar-refractivity contribution >= 4 is 11.7 Å². The zero-order valence-electron chi connectivity index (χ0n) is 12.3. The van der Waals surface area contributed by atoms with Crippen LogP contribution < -0.4 is 5.32 Å². The highest BCUT2D eigenvalue weighted by Crippen LogP contribution is 2.17. The number of amides is 1. The Bertz CT molecular complexity index is 472. The lowest BCUT2D eigenvalue weighted by molar-refractivity contribution is -0.121. The van der Waals surface area contributed by atoms with E-state index in [9.17, 15) is 9.59 Å². The quantitative estimate of drug-likeness (QED) is 0.818. The third-order valence-electron chi connectivity index (χ3n) is 3.06. The van der Waals surface area contributed by atoms with Gasteiger partial charge >= 0.3 is 0 Å². The van der Waals surface area contributed by atoms with Gasteiger partial charge in [-0.2, -0.15) is 0 Å². The molecular weight excluding hydrogens is 240 g/mol. The van der Waals surface area contributed by atoms with E-state index in [1.165, 1.54) is 0 Å². The topological polar surface area (TPSA) is 49.4 Å². The van der Waals surface area contributed by atoms with Crippen molar-refractivity contribution in [1.82, 2.24) is 10.2 Å². The number of hydrogen-bond acceptors (Lipinski definition) is 3. The molecule has 19 heavy (non-hydrogen) atoms. The molecule has 1 N–H and O–H groups in total. The first-order valence-corrected chi connectivity index (χ1v) is 6.35. The van der Waals surface area contributed by atoms with Crippen LogP contribution in [0.3, 0.4) is 0 Å². The van der Waals surface area contributed by atoms with Crippen molar-refractivity contribution in [3.8, 4) is 0 Å². The smallest absolute Gasteiger partial charge is 0.233 e. The molecule has 104 valence electrons. The molecular formula is C15H22N2O2. The number of ketones is 1. The molecule has 0 radical (unpaired) electrons. The Balaban J connectivity index is 2.82. The summed E-state index contributed by atoms with van der Waals surface area (Å²) in [7, 11) is 3.36. The predicted octanol–water partition coefficient (Wildman–Crippen LogP) is 1.47. The molecule has 0 aliphatic rings. The molecule has 1 aromatic carbocycles. The average Bonchev–Trinajstić information content (AvgIpc) is 2.26. The third kappa shape index (κ3) is 4.17. The maximum absolute atomic E-state index is 12.3. The molecule has 1 rings (SSSR count). The third-order valence-corrected chi connectivity index (χ3v) is 3.06. The van der Waals surface area contributed by atoms with Gasteiger partial charge in [-0.1, -0.05) is 17.7 Å². The molecule has 4 nitrogen and oxygen atoms in total. The molecule has 0 bridgehead atoms. The van der Waals surface area contributed by atoms with E-state index < -0.39 is 0 Å². The first-order valence-electron chi connectivity index (χ1n) is 6.35. The first-order chi connectivity index (χ1) is 8.85. The molecule has 1 aromatic rings. The highest BCUT2D eigenvalue weighted by atomic mass is 16.2. The number of benzene rings is 1. The van der Waals surface area contributed by atoms with E-state index >= 15 is 0 Å². The van der Waals surface area contributed by atoms with E-state index in [1.807, 2.05) is 32.9 Å². The lowest BCUT2D eigenvalue weighted by atomic mass is 9.96. The molecule has 0 atom stereocenters. The fourth-order valence-electron chi connectivity index (χ4n) is 2.32. The molecule has 0 fully saturated rings. The van der Waals surface area contributed by atoms with Crippen molar-refractivity contribution in [2.45, 2.75) is 20.8 Å². The van der Waals surface area contributed by atoms with Gasteiger partial charge in [0, 0.05) is 12.6 Å². The standard InChI is InChI=1S/C15H22N2O2/c1-10-6-11(2)15(12(3)7-10)13(18)8-17(5)9-14(19)16-4/h6-7H,8-9H2,1-5H3,(H,16,19). The molecule has 0 heterocycles. The van der Waals surface area contributed by atoms with Gasteiger partial charge in [0.05, 0.1) is 13.1 Å². The second-order valence-corrected chi connectivity index (χ2v) is 5.04. The Labute approximate surface area is 114 Å². The van der Waals surface area contributed by atoms with Gasteiger partial charge in [-0.05, 0) is 38.9 Å². The Morgan fingerprint density at radius 3 is 2.11 bits per heavy atom. The van der Waals surface area contributed by atoms with Crippen LogP contribution in [0, 0.1) is 20.8 Å². The lowest BCUT2D eigenvalue weighted by Gasteiger charge is -2.16. The van der Waals surface area contributed by atoms with Crippen molar-refractivity contribution in [1.29, 1.82) is 0 Å². The molecule has 0 spiro atoms. The van der Waals surface area contributed by atoms with E-state index in [2.05, 4.69) is 5.32 Å². The molecule has 4 heteroatoms. The van der Waals surface area contributed by atoms with Gasteiger partial charge in [0.25, 0.3) is 0 Å². The Hall–Kier alpha value is -1.68. The summed E-state index contributed by atoms with van der Waals surface area (Å²) in [5, 5.41) is 2.55. The van der Waals surface area contributed by atoms with Gasteiger partial charge < -0.3 is 5.32 Å². The zero-order chi connectivity index (χ0) is 14.6. The van der Waals surface area contributed by atoms with Crippen LogP contribution in [-0.4, -0.2) is 43.8 Å². The molecule has 0 saturated heterocycles. The van der Waals surface area contributed by atoms with Crippen LogP contribution in [0.25, 0.3) is 0 Å². The predicted molar refractivity (Wildman–Crippen MR) is 76.5 cm³/mol. The van der Waals surface area contributed by atoms with E-state index in [4.69, 9.17) is 0 Å². The van der Waals surface area contributed by atoms with Crippen LogP contribution in [0.15, 0.2) is 12.1 Å². The van der Waals surface area contributed by atoms with Crippen molar-refractivity contribution in [2.75, 3.05) is 27.2 Å². The van der Waals surface area contributed by atoms with Crippen LogP contribution in [-0.2, 0) is 4.79 Å². The monoisotopic (exact) mass is 262 g/mol. The van der Waals surface area contributed by atoms with E-state index in [0.29, 0.717) is 0 Å². The molecule has 0 aliphatic carbocycles. The fourth-order valence-corrected chi connectivity index (χ4v) is 2.32. The minimum Gasteiger partial charge on any atom is -0.358 e. The summed E-state index contributed by atoms with van der Waals surface area (Å²) >= 11 is 0. The summed E-state index contributed by atoms with van der Waals surface area (Å²) in [4.78, 5) is 25.3. The van der Waals surface area contributed by atoms with Gasteiger partial charge in [-0.3, -0.25) is 14.5 Å². The van der Waals surface area contributed by atoms with Crippen molar-refractivity contribution in [3.63, 3.8) is 0 Å². The van der Waals surface area contributed by atoms with Crippen molar-refractivity contribution in [3.05, 3.63) is 34.4 Å². The van der Waals surface area contributed by atoms with E-state index in [-0.39, 0.29) is 24.8 Å². The maximum Gasteiger partial charge on any atom is 0.233 e. The molecule has 0 saturated carbocycles. The maximum atomic E-state index is 12.3. The number of nitrogens with zero attached hydrogens (tertiary/aromatic N) is 1. The second-order valence-electron chi connectivity index (χ2n) is 5.04. The van der Waals surface area contributed by atoms with Gasteiger partial charge in [0.2, 0.25) is 5.91 Å². The van der Waals surface area contributed by atoms with Crippen molar-refractivity contribution in [2.24, 2.45) is 0 Å². The highest BCUT2D eigenvalue weighted by molar-refractivity contribution is 6.00. The minimum atomic E-state index is -0.0901. The first kappa shape index (κ1) is 15.4. The largest absolute Gasteiger partial charge is 0.358 e. The number of rotatable bonds is 5. The van der Waals surface area contributed by atoms with Crippen LogP contribution in [0.5, 0.6) is 0 Å². The fraction of sp³-hybridized carbons (Fsp3) is 0.467. The number of carbonyl (C=O) groups excluding carboxylic acids is 2. The Morgan fingerprint density at radius 1 is 1.11 bits per heavy atom. The van der Waals surface area contributed by atoms with Crippen LogP contribution in [0.2, 0.25) is 0 Å². The highest BCUT2D eigenvalue weighted by Gasteiger charge is 2.15. The lowest BCUT2D eigenvalue weighted by Crippen LogP contribution is -2.36. The molecule has 0 aliphatic heterocycles. The Kier molecular flexibility index (Phi) is 5.24. The number of carbonyl (C=O) groups is 2. The minimum absolute atomic E-state index is 0.0569. The van der Waals surface area contributed by atoms with Gasteiger partial charge in [0.15, 0.2) is 5.78 Å². The summed E-state index contributed by atoms with van der Waals surface area (Å²) in [6.45, 7) is 6.40. The summed E-state index contributed by atoms with van der Waals surface area (Å²) < 4.78 is 0. The second kappa shape index (κ2) is 6.48. The number of Topliss-reactive ketones (excluding diaryl/α,β-unsaturated/α-hetero) is 1. The van der Waals surface area contributed by atoms with E-state index in [0.717, 1.165) is 22.3 Å². The molecule has 1 amide bonds. The summed E-state index contributed by atoms with van der Waals surface area (Å²) in [6, 6.07) is 4.03. The van der Waals surface area contributed by atoms with E-state index in [1.54, 1.807) is 19.0 Å². The summed E-state index contributed by atoms with van der Waals surface area (Å²) in [5.74, 6) is -0.0333. The zero-order valence-corrected chi connectivity index (χ0v) is 12.3. The number of hydrogen-bond donors (Lipinski definition) is 1. The van der Waals surface area contributed by atoms with Crippen LogP contribution in [0.4, 0.5) is 0 Å². The Morgan fingerprint density at radius 2 is 1.63 bits per heavy atom. The van der Waals surface area contributed by atoms with Crippen LogP contribution >= 0.6 is 0 Å². The normalized spacial score (nSPS) is 10.6. The van der Waals surface area contributed by atoms with Gasteiger partial charge in [-0.15, -0.1) is 0 Å². The summed E-state index contributed by atoms with van der Waals surface area (Å²) in [5.41, 5.74) is 3.92. The molecule has 0 aromatic heterocycles. The van der Waals surface area contributed by atoms with Crippen molar-refractivity contribution < 1.29 is 9.59 Å². The summed E-state index contributed by atoms with van der Waals surface area (Å²) in [6.07, 6.45) is 0. The number of likely N-dealkylation sites (N-methyl/N-ethyl adjacent to an activating group) is 2. The van der Waals surface area contributed by atoms with Gasteiger partial charge in [0.1, 0.15) is 0 Å². The SMILES string of the molecule is CNC(=O)CN(C)CC(=O)c1c(C)cc(C)cc1C. The van der Waals surface area contributed by atoms with Crippen LogP contribution in [0.1, 0.15) is 27.0 Å². The number of aryl methyl sites for hydroxylation is 3. The number of nitrogens with one attached hydrogen (secondary N) is 1. The van der Waals surface area contributed by atoms with Gasteiger partial charge in [-0.25, -0.2) is 0 Å². The average molecular weight is 262 g/mol. The molecule has 0 unspecified atom stereocenters.